The topological polar surface area (TPSA) is 0 Å². The van der Waals surface area contributed by atoms with E-state index in [0.29, 0.717) is 0 Å². The second kappa shape index (κ2) is 12.2. The van der Waals surface area contributed by atoms with Gasteiger partial charge in [0.2, 0.25) is 0 Å². The molecule has 0 nitrogen and oxygen atoms in total. The Hall–Kier alpha value is -0.920. The molecule has 0 atom stereocenters. The number of hydrogen-bond acceptors (Lipinski definition) is 0. The van der Waals surface area contributed by atoms with Gasteiger partial charge in [-0.3, -0.25) is 0 Å². The predicted molar refractivity (Wildman–Crippen MR) is 135 cm³/mol. The summed E-state index contributed by atoms with van der Waals surface area (Å²) in [4.78, 5) is 0. The molecule has 0 aliphatic rings. The van der Waals surface area contributed by atoms with Crippen molar-refractivity contribution in [2.45, 2.75) is 40.8 Å². The van der Waals surface area contributed by atoms with Crippen molar-refractivity contribution >= 4 is 33.2 Å². The van der Waals surface area contributed by atoms with Crippen LogP contribution in [0, 0.1) is 27.7 Å². The van der Waals surface area contributed by atoms with Crippen molar-refractivity contribution in [3.05, 3.63) is 95.1 Å². The van der Waals surface area contributed by atoms with Crippen LogP contribution >= 0.6 is 17.0 Å². The first-order valence-corrected chi connectivity index (χ1v) is 22.6. The predicted octanol–water partition coefficient (Wildman–Crippen LogP) is 9.03. The van der Waals surface area contributed by atoms with Gasteiger partial charge in [0, 0.05) is 0 Å². The average molecular weight is 533 g/mol. The van der Waals surface area contributed by atoms with Crippen molar-refractivity contribution in [1.82, 2.24) is 0 Å². The average Bonchev–Trinajstić information content (AvgIpc) is 3.21. The van der Waals surface area contributed by atoms with E-state index < -0.39 is 18.0 Å². The van der Waals surface area contributed by atoms with E-state index in [9.17, 15) is 0 Å². The Bertz CT molecular complexity index is 1100. The van der Waals surface area contributed by atoms with Crippen LogP contribution in [0.2, 0.25) is 13.1 Å². The Labute approximate surface area is 196 Å². The fourth-order valence-corrected chi connectivity index (χ4v) is 3.25. The maximum atomic E-state index is 5.62. The van der Waals surface area contributed by atoms with Crippen molar-refractivity contribution in [1.29, 1.82) is 0 Å². The molecular formula is C26H30Cl2SiZr-2. The molecule has 4 rings (SSSR count). The molecule has 0 aliphatic carbocycles. The van der Waals surface area contributed by atoms with Gasteiger partial charge in [-0.15, -0.1) is 40.6 Å². The van der Waals surface area contributed by atoms with Gasteiger partial charge >= 0.3 is 53.5 Å². The second-order valence-electron chi connectivity index (χ2n) is 7.80. The molecule has 0 fully saturated rings. The summed E-state index contributed by atoms with van der Waals surface area (Å²) < 4.78 is 0. The Morgan fingerprint density at radius 2 is 1.33 bits per heavy atom. The summed E-state index contributed by atoms with van der Waals surface area (Å²) in [5.41, 5.74) is 7.97. The maximum Gasteiger partial charge on any atom is -0.0576 e. The molecule has 30 heavy (non-hydrogen) atoms. The van der Waals surface area contributed by atoms with E-state index in [4.69, 9.17) is 17.0 Å². The molecule has 0 aliphatic heterocycles. The van der Waals surface area contributed by atoms with Crippen LogP contribution in [0.1, 0.15) is 22.3 Å². The van der Waals surface area contributed by atoms with Gasteiger partial charge in [-0.2, -0.15) is 28.3 Å². The van der Waals surface area contributed by atoms with Crippen LogP contribution in [-0.2, 0) is 18.0 Å². The van der Waals surface area contributed by atoms with Gasteiger partial charge in [0.25, 0.3) is 0 Å². The first-order valence-electron chi connectivity index (χ1n) is 10.1. The molecular weight excluding hydrogens is 503 g/mol. The minimum atomic E-state index is -1.65. The summed E-state index contributed by atoms with van der Waals surface area (Å²) >= 11 is -1.65. The first-order chi connectivity index (χ1) is 14.2. The number of aryl methyl sites for hydroxylation is 4. The molecule has 0 bridgehead atoms. The minimum absolute atomic E-state index is 0.224. The van der Waals surface area contributed by atoms with E-state index in [2.05, 4.69) is 114 Å². The van der Waals surface area contributed by atoms with Gasteiger partial charge in [-0.1, -0.05) is 69.7 Å². The van der Waals surface area contributed by atoms with E-state index in [-0.39, 0.29) is 5.43 Å². The zero-order valence-corrected chi connectivity index (χ0v) is 23.7. The molecule has 0 radical (unpaired) electrons. The molecule has 0 saturated heterocycles. The SMILES string of the molecule is C[Si](C)=[Zr]([Cl])[Cl].Cc1[cH-]c2ccccc2c1C.Cc1cc(-c2ccccc2)c(C)[cH-]1. The fourth-order valence-electron chi connectivity index (χ4n) is 3.25. The summed E-state index contributed by atoms with van der Waals surface area (Å²) in [6.07, 6.45) is 0. The van der Waals surface area contributed by atoms with E-state index in [1.165, 1.54) is 44.2 Å². The molecule has 158 valence electrons. The van der Waals surface area contributed by atoms with Crippen molar-refractivity contribution in [2.75, 3.05) is 0 Å². The first kappa shape index (κ1) is 25.3. The van der Waals surface area contributed by atoms with Crippen LogP contribution in [0.4, 0.5) is 0 Å². The number of benzene rings is 2. The smallest absolute Gasteiger partial charge is 0.0576 e. The van der Waals surface area contributed by atoms with E-state index in [0.717, 1.165) is 0 Å². The van der Waals surface area contributed by atoms with Crippen molar-refractivity contribution in [3.8, 4) is 11.1 Å². The molecule has 4 aromatic rings. The maximum absolute atomic E-state index is 5.62. The molecule has 0 N–H and O–H groups in total. The van der Waals surface area contributed by atoms with Gasteiger partial charge in [0.15, 0.2) is 0 Å². The van der Waals surface area contributed by atoms with Crippen molar-refractivity contribution in [3.63, 3.8) is 0 Å². The van der Waals surface area contributed by atoms with Gasteiger partial charge in [0.1, 0.15) is 0 Å². The molecule has 0 spiro atoms. The van der Waals surface area contributed by atoms with Crippen molar-refractivity contribution in [2.24, 2.45) is 0 Å². The molecule has 4 aromatic carbocycles. The quantitative estimate of drug-likeness (QED) is 0.169. The zero-order chi connectivity index (χ0) is 22.3. The number of halogens is 2. The van der Waals surface area contributed by atoms with Crippen LogP contribution < -0.4 is 0 Å². The number of rotatable bonds is 1. The third-order valence-electron chi connectivity index (χ3n) is 5.03. The molecule has 0 saturated carbocycles. The third-order valence-corrected chi connectivity index (χ3v) is 24.8. The van der Waals surface area contributed by atoms with E-state index >= 15 is 0 Å². The van der Waals surface area contributed by atoms with E-state index in [1.807, 2.05) is 0 Å². The Balaban J connectivity index is 0.000000172. The summed E-state index contributed by atoms with van der Waals surface area (Å²) in [5, 5.41) is 2.76. The van der Waals surface area contributed by atoms with Gasteiger partial charge in [-0.25, -0.2) is 6.07 Å². The molecule has 0 aromatic heterocycles. The number of fused-ring (bicyclic) bond motifs is 1. The van der Waals surface area contributed by atoms with Gasteiger partial charge < -0.3 is 0 Å². The molecule has 0 heterocycles. The summed E-state index contributed by atoms with van der Waals surface area (Å²) in [6.45, 7) is 13.0. The van der Waals surface area contributed by atoms with Crippen LogP contribution in [-0.4, -0.2) is 5.43 Å². The van der Waals surface area contributed by atoms with E-state index in [1.54, 1.807) is 0 Å². The Morgan fingerprint density at radius 3 is 1.83 bits per heavy atom. The standard InChI is InChI=1S/C13H13.C11H11.C2H6Si.2ClH.Zr/c1-10-8-11(2)13(9-10)12-6-4-3-5-7-12;1-8-7-10-5-3-4-6-11(10)9(8)2;1-3-2;;;/h3-9H,1-2H3;3-7H,1-2H3;1-2H3;2*1H;/q2*-1;;;;+2/p-2. The summed E-state index contributed by atoms with van der Waals surface area (Å²) in [7, 11) is 11.2. The Kier molecular flexibility index (Phi) is 10.3. The third kappa shape index (κ3) is 7.34. The van der Waals surface area contributed by atoms with Crippen LogP contribution in [0.15, 0.2) is 72.8 Å². The minimum Gasteiger partial charge on any atom is -0.203 e. The van der Waals surface area contributed by atoms with Crippen LogP contribution in [0.3, 0.4) is 0 Å². The van der Waals surface area contributed by atoms with Crippen molar-refractivity contribution < 1.29 is 18.0 Å². The molecule has 4 heteroatoms. The monoisotopic (exact) mass is 530 g/mol. The van der Waals surface area contributed by atoms with Crippen LogP contribution in [0.25, 0.3) is 21.9 Å². The number of hydrogen-bond donors (Lipinski definition) is 0. The largest absolute Gasteiger partial charge is 0.203 e. The van der Waals surface area contributed by atoms with Crippen LogP contribution in [0.5, 0.6) is 0 Å². The normalized spacial score (nSPS) is 10.0. The van der Waals surface area contributed by atoms with Gasteiger partial charge in [-0.05, 0) is 0 Å². The van der Waals surface area contributed by atoms with Gasteiger partial charge in [0.05, 0.1) is 0 Å². The summed E-state index contributed by atoms with van der Waals surface area (Å²) in [5.74, 6) is 0. The second-order valence-corrected chi connectivity index (χ2v) is 30.8. The summed E-state index contributed by atoms with van der Waals surface area (Å²) in [6, 6.07) is 25.7. The molecule has 0 amide bonds. The fraction of sp³-hybridized carbons (Fsp3) is 0.231. The Morgan fingerprint density at radius 1 is 0.767 bits per heavy atom. The zero-order valence-electron chi connectivity index (χ0n) is 18.7. The molecule has 0 unspecified atom stereocenters.